The number of aromatic nitrogens is 3. The lowest BCUT2D eigenvalue weighted by molar-refractivity contribution is -0.139. The Morgan fingerprint density at radius 1 is 1.21 bits per heavy atom. The molecule has 1 aliphatic rings. The van der Waals surface area contributed by atoms with Gasteiger partial charge in [-0.3, -0.25) is 0 Å². The van der Waals surface area contributed by atoms with E-state index in [0.717, 1.165) is 17.7 Å². The number of nitrogens with one attached hydrogen (secondary N) is 1. The summed E-state index contributed by atoms with van der Waals surface area (Å²) in [6.07, 6.45) is 2.96. The predicted octanol–water partition coefficient (Wildman–Crippen LogP) is 5.28. The topological polar surface area (TPSA) is 78.3 Å². The van der Waals surface area contributed by atoms with Crippen LogP contribution in [0.25, 0.3) is 0 Å². The molecule has 0 amide bonds. The molecule has 1 aromatic heterocycles. The minimum atomic E-state index is -0.501. The molecule has 0 radical (unpaired) electrons. The van der Waals surface area contributed by atoms with Crippen LogP contribution in [0.3, 0.4) is 0 Å². The van der Waals surface area contributed by atoms with Crippen molar-refractivity contribution in [1.82, 2.24) is 14.8 Å². The first-order chi connectivity index (χ1) is 16.0. The Bertz CT molecular complexity index is 1160. The fourth-order valence-corrected chi connectivity index (χ4v) is 4.01. The summed E-state index contributed by atoms with van der Waals surface area (Å²) in [4.78, 5) is 17.2. The van der Waals surface area contributed by atoms with Crippen molar-refractivity contribution in [3.05, 3.63) is 82.0 Å². The summed E-state index contributed by atoms with van der Waals surface area (Å²) >= 11 is 6.08. The molecule has 0 saturated carbocycles. The molecule has 2 aromatic carbocycles. The second-order valence-corrected chi connectivity index (χ2v) is 7.88. The van der Waals surface area contributed by atoms with Crippen LogP contribution in [-0.2, 0) is 16.1 Å². The molecule has 0 saturated heterocycles. The quantitative estimate of drug-likeness (QED) is 0.451. The number of rotatable bonds is 8. The first kappa shape index (κ1) is 22.8. The van der Waals surface area contributed by atoms with Gasteiger partial charge < -0.3 is 14.8 Å². The second-order valence-electron chi connectivity index (χ2n) is 7.48. The van der Waals surface area contributed by atoms with Gasteiger partial charge in [-0.1, -0.05) is 43.1 Å². The van der Waals surface area contributed by atoms with Crippen molar-refractivity contribution in [3.8, 4) is 5.75 Å². The predicted molar refractivity (Wildman–Crippen MR) is 123 cm³/mol. The van der Waals surface area contributed by atoms with Crippen molar-refractivity contribution in [2.24, 2.45) is 0 Å². The smallest absolute Gasteiger partial charge is 0.338 e. The molecule has 0 aliphatic carbocycles. The Morgan fingerprint density at radius 2 is 2.00 bits per heavy atom. The summed E-state index contributed by atoms with van der Waals surface area (Å²) in [5, 5.41) is 7.87. The number of benzene rings is 2. The van der Waals surface area contributed by atoms with Gasteiger partial charge in [-0.25, -0.2) is 13.9 Å². The van der Waals surface area contributed by atoms with Crippen LogP contribution in [0, 0.1) is 5.82 Å². The van der Waals surface area contributed by atoms with E-state index in [1.807, 2.05) is 19.1 Å². The highest BCUT2D eigenvalue weighted by Gasteiger charge is 2.35. The van der Waals surface area contributed by atoms with Crippen molar-refractivity contribution in [2.45, 2.75) is 39.3 Å². The lowest BCUT2D eigenvalue weighted by atomic mass is 9.94. The maximum absolute atomic E-state index is 14.0. The SMILES string of the molecule is CCCC1=C(C(=O)OCC)[C@@H](c2ccc(OCc3c(F)cccc3Cl)cc2)n2ncnc2N1. The normalized spacial score (nSPS) is 15.1. The van der Waals surface area contributed by atoms with Crippen molar-refractivity contribution >= 4 is 23.5 Å². The van der Waals surface area contributed by atoms with Crippen molar-refractivity contribution < 1.29 is 18.7 Å². The molecule has 0 bridgehead atoms. The van der Waals surface area contributed by atoms with E-state index < -0.39 is 17.8 Å². The number of hydrogen-bond donors (Lipinski definition) is 1. The third kappa shape index (κ3) is 4.71. The highest BCUT2D eigenvalue weighted by molar-refractivity contribution is 6.31. The van der Waals surface area contributed by atoms with E-state index in [-0.39, 0.29) is 13.2 Å². The average Bonchev–Trinajstić information content (AvgIpc) is 3.27. The van der Waals surface area contributed by atoms with Gasteiger partial charge in [0.1, 0.15) is 30.5 Å². The van der Waals surface area contributed by atoms with Crippen molar-refractivity contribution in [1.29, 1.82) is 0 Å². The molecular formula is C24H24ClFN4O3. The molecule has 7 nitrogen and oxygen atoms in total. The number of hydrogen-bond acceptors (Lipinski definition) is 6. The van der Waals surface area contributed by atoms with E-state index in [9.17, 15) is 9.18 Å². The third-order valence-electron chi connectivity index (χ3n) is 5.31. The fourth-order valence-electron chi connectivity index (χ4n) is 3.79. The van der Waals surface area contributed by atoms with E-state index in [1.165, 1.54) is 12.4 Å². The van der Waals surface area contributed by atoms with Gasteiger partial charge in [-0.15, -0.1) is 0 Å². The lowest BCUT2D eigenvalue weighted by Gasteiger charge is -2.29. The second kappa shape index (κ2) is 10.0. The molecule has 1 N–H and O–H groups in total. The zero-order valence-corrected chi connectivity index (χ0v) is 19.1. The van der Waals surface area contributed by atoms with Crippen LogP contribution >= 0.6 is 11.6 Å². The standard InChI is InChI=1S/C24H24ClFN4O3/c1-3-6-20-21(23(31)32-4-2)22(30-24(29-20)27-14-28-30)15-9-11-16(12-10-15)33-13-17-18(25)7-5-8-19(17)26/h5,7-12,14,22H,3-4,6,13H2,1-2H3,(H,27,28,29)/t22-/m1/s1. The summed E-state index contributed by atoms with van der Waals surface area (Å²) in [6, 6.07) is 11.3. The number of esters is 1. The molecule has 1 aliphatic heterocycles. The van der Waals surface area contributed by atoms with Gasteiger partial charge in [0.15, 0.2) is 0 Å². The average molecular weight is 471 g/mol. The lowest BCUT2D eigenvalue weighted by Crippen LogP contribution is -2.30. The number of carbonyl (C=O) groups excluding carboxylic acids is 1. The first-order valence-electron chi connectivity index (χ1n) is 10.8. The Balaban J connectivity index is 1.64. The number of nitrogens with zero attached hydrogens (tertiary/aromatic N) is 3. The van der Waals surface area contributed by atoms with Gasteiger partial charge >= 0.3 is 5.97 Å². The van der Waals surface area contributed by atoms with Gasteiger partial charge in [0.2, 0.25) is 5.95 Å². The maximum atomic E-state index is 14.0. The molecular weight excluding hydrogens is 447 g/mol. The van der Waals surface area contributed by atoms with Crippen LogP contribution in [-0.4, -0.2) is 27.3 Å². The fraction of sp³-hybridized carbons (Fsp3) is 0.292. The molecule has 0 unspecified atom stereocenters. The van der Waals surface area contributed by atoms with Crippen LogP contribution in [0.4, 0.5) is 10.3 Å². The summed E-state index contributed by atoms with van der Waals surface area (Å²) < 4.78 is 26.8. The Labute approximate surface area is 196 Å². The Hall–Kier alpha value is -3.39. The highest BCUT2D eigenvalue weighted by Crippen LogP contribution is 2.37. The molecule has 0 fully saturated rings. The van der Waals surface area contributed by atoms with Gasteiger partial charge in [0, 0.05) is 11.3 Å². The van der Waals surface area contributed by atoms with Crippen LogP contribution in [0.15, 0.2) is 60.1 Å². The zero-order valence-electron chi connectivity index (χ0n) is 18.3. The largest absolute Gasteiger partial charge is 0.489 e. The molecule has 1 atom stereocenters. The number of allylic oxidation sites excluding steroid dienone is 1. The maximum Gasteiger partial charge on any atom is 0.338 e. The monoisotopic (exact) mass is 470 g/mol. The Morgan fingerprint density at radius 3 is 2.70 bits per heavy atom. The number of fused-ring (bicyclic) bond motifs is 1. The van der Waals surface area contributed by atoms with Crippen LogP contribution in [0.1, 0.15) is 43.9 Å². The van der Waals surface area contributed by atoms with Gasteiger partial charge in [-0.2, -0.15) is 10.1 Å². The number of anilines is 1. The van der Waals surface area contributed by atoms with Crippen molar-refractivity contribution in [3.63, 3.8) is 0 Å². The van der Waals surface area contributed by atoms with Crippen molar-refractivity contribution in [2.75, 3.05) is 11.9 Å². The zero-order chi connectivity index (χ0) is 23.4. The number of ether oxygens (including phenoxy) is 2. The van der Waals surface area contributed by atoms with Gasteiger partial charge in [-0.05, 0) is 43.2 Å². The van der Waals surface area contributed by atoms with Gasteiger partial charge in [0.25, 0.3) is 0 Å². The molecule has 3 aromatic rings. The van der Waals surface area contributed by atoms with E-state index >= 15 is 0 Å². The first-order valence-corrected chi connectivity index (χ1v) is 11.1. The van der Waals surface area contributed by atoms with Gasteiger partial charge in [0.05, 0.1) is 17.2 Å². The van der Waals surface area contributed by atoms with E-state index in [4.69, 9.17) is 21.1 Å². The summed E-state index contributed by atoms with van der Waals surface area (Å²) in [6.45, 7) is 4.09. The molecule has 0 spiro atoms. The van der Waals surface area contributed by atoms with Crippen LogP contribution in [0.5, 0.6) is 5.75 Å². The molecule has 33 heavy (non-hydrogen) atoms. The number of carbonyl (C=O) groups is 1. The minimum Gasteiger partial charge on any atom is -0.489 e. The highest BCUT2D eigenvalue weighted by atomic mass is 35.5. The summed E-state index contributed by atoms with van der Waals surface area (Å²) in [5.74, 6) is 0.293. The summed E-state index contributed by atoms with van der Waals surface area (Å²) in [7, 11) is 0. The number of halogens is 2. The van der Waals surface area contributed by atoms with E-state index in [1.54, 1.807) is 35.9 Å². The minimum absolute atomic E-state index is 0.0000526. The van der Waals surface area contributed by atoms with E-state index in [0.29, 0.717) is 34.3 Å². The summed E-state index contributed by atoms with van der Waals surface area (Å²) in [5.41, 5.74) is 2.39. The van der Waals surface area contributed by atoms with Crippen LogP contribution in [0.2, 0.25) is 5.02 Å². The molecule has 172 valence electrons. The molecule has 9 heteroatoms. The Kier molecular flexibility index (Phi) is 6.93. The third-order valence-corrected chi connectivity index (χ3v) is 5.67. The molecule has 4 rings (SSSR count). The van der Waals surface area contributed by atoms with E-state index in [2.05, 4.69) is 15.4 Å². The molecule has 2 heterocycles. The van der Waals surface area contributed by atoms with Crippen LogP contribution < -0.4 is 10.1 Å².